The minimum Gasteiger partial charge on any atom is -0.369 e. The van der Waals surface area contributed by atoms with Crippen molar-refractivity contribution in [3.05, 3.63) is 29.8 Å². The van der Waals surface area contributed by atoms with Crippen LogP contribution < -0.4 is 16.0 Å². The van der Waals surface area contributed by atoms with E-state index in [-0.39, 0.29) is 11.9 Å². The summed E-state index contributed by atoms with van der Waals surface area (Å²) in [5, 5.41) is 2.96. The highest BCUT2D eigenvalue weighted by Crippen LogP contribution is 2.20. The summed E-state index contributed by atoms with van der Waals surface area (Å²) in [5.41, 5.74) is 7.92. The number of nitrogens with two attached hydrogens (primary N) is 1. The van der Waals surface area contributed by atoms with Gasteiger partial charge in [-0.05, 0) is 24.1 Å². The fourth-order valence-electron chi connectivity index (χ4n) is 2.24. The molecule has 4 nitrogen and oxygen atoms in total. The number of amides is 1. The molecule has 1 heterocycles. The van der Waals surface area contributed by atoms with Crippen molar-refractivity contribution in [3.63, 3.8) is 0 Å². The van der Waals surface area contributed by atoms with E-state index in [1.54, 1.807) is 6.92 Å². The van der Waals surface area contributed by atoms with E-state index in [0.29, 0.717) is 6.54 Å². The minimum absolute atomic E-state index is 0.0512. The standard InChI is InChI=1S/C13H19N3O/c1-10(17)15-12-6-7-16(9-12)13-4-2-11(8-14)3-5-13/h2-5,12H,6-9,14H2,1H3,(H,15,17). The van der Waals surface area contributed by atoms with Crippen LogP contribution in [0.1, 0.15) is 18.9 Å². The van der Waals surface area contributed by atoms with E-state index in [4.69, 9.17) is 5.73 Å². The van der Waals surface area contributed by atoms with Crippen molar-refractivity contribution in [2.24, 2.45) is 5.73 Å². The summed E-state index contributed by atoms with van der Waals surface area (Å²) < 4.78 is 0. The number of anilines is 1. The Kier molecular flexibility index (Phi) is 3.64. The molecule has 3 N–H and O–H groups in total. The van der Waals surface area contributed by atoms with Crippen LogP contribution in [0.3, 0.4) is 0 Å². The third-order valence-electron chi connectivity index (χ3n) is 3.13. The molecule has 0 saturated carbocycles. The molecule has 1 atom stereocenters. The molecule has 1 aliphatic heterocycles. The van der Waals surface area contributed by atoms with Gasteiger partial charge in [0.2, 0.25) is 5.91 Å². The predicted molar refractivity (Wildman–Crippen MR) is 68.8 cm³/mol. The van der Waals surface area contributed by atoms with Gasteiger partial charge in [0.25, 0.3) is 0 Å². The van der Waals surface area contributed by atoms with E-state index in [1.165, 1.54) is 5.69 Å². The van der Waals surface area contributed by atoms with E-state index < -0.39 is 0 Å². The van der Waals surface area contributed by atoms with Crippen LogP contribution in [0.4, 0.5) is 5.69 Å². The number of nitrogens with one attached hydrogen (secondary N) is 1. The fraction of sp³-hybridized carbons (Fsp3) is 0.462. The highest BCUT2D eigenvalue weighted by molar-refractivity contribution is 5.73. The Morgan fingerprint density at radius 3 is 2.76 bits per heavy atom. The Morgan fingerprint density at radius 2 is 2.18 bits per heavy atom. The molecule has 1 fully saturated rings. The molecule has 17 heavy (non-hydrogen) atoms. The maximum Gasteiger partial charge on any atom is 0.217 e. The first-order valence-electron chi connectivity index (χ1n) is 6.00. The van der Waals surface area contributed by atoms with Crippen LogP contribution in [-0.2, 0) is 11.3 Å². The lowest BCUT2D eigenvalue weighted by atomic mass is 10.2. The van der Waals surface area contributed by atoms with Gasteiger partial charge in [0.1, 0.15) is 0 Å². The molecule has 0 aliphatic carbocycles. The molecule has 0 radical (unpaired) electrons. The van der Waals surface area contributed by atoms with Gasteiger partial charge in [-0.3, -0.25) is 4.79 Å². The van der Waals surface area contributed by atoms with Crippen LogP contribution in [0.15, 0.2) is 24.3 Å². The summed E-state index contributed by atoms with van der Waals surface area (Å²) in [6.45, 7) is 4.03. The summed E-state index contributed by atoms with van der Waals surface area (Å²) in [6, 6.07) is 8.58. The van der Waals surface area contributed by atoms with E-state index in [0.717, 1.165) is 25.1 Å². The number of hydrogen-bond donors (Lipinski definition) is 2. The lowest BCUT2D eigenvalue weighted by Gasteiger charge is -2.19. The first-order valence-corrected chi connectivity index (χ1v) is 6.00. The van der Waals surface area contributed by atoms with Gasteiger partial charge in [-0.25, -0.2) is 0 Å². The molecule has 4 heteroatoms. The number of carbonyl (C=O) groups excluding carboxylic acids is 1. The summed E-state index contributed by atoms with van der Waals surface area (Å²) in [5.74, 6) is 0.0512. The van der Waals surface area contributed by atoms with E-state index >= 15 is 0 Å². The van der Waals surface area contributed by atoms with Gasteiger partial charge in [0.05, 0.1) is 0 Å². The molecule has 1 aromatic rings. The van der Waals surface area contributed by atoms with Crippen molar-refractivity contribution in [3.8, 4) is 0 Å². The maximum absolute atomic E-state index is 11.0. The molecular weight excluding hydrogens is 214 g/mol. The summed E-state index contributed by atoms with van der Waals surface area (Å²) in [6.07, 6.45) is 1.01. The average molecular weight is 233 g/mol. The molecule has 0 spiro atoms. The van der Waals surface area contributed by atoms with Gasteiger partial charge >= 0.3 is 0 Å². The van der Waals surface area contributed by atoms with E-state index in [2.05, 4.69) is 34.5 Å². The molecule has 2 rings (SSSR count). The highest BCUT2D eigenvalue weighted by Gasteiger charge is 2.22. The number of nitrogens with zero attached hydrogens (tertiary/aromatic N) is 1. The predicted octanol–water partition coefficient (Wildman–Crippen LogP) is 0.860. The van der Waals surface area contributed by atoms with Gasteiger partial charge in [-0.1, -0.05) is 12.1 Å². The zero-order chi connectivity index (χ0) is 12.3. The Balaban J connectivity index is 1.97. The zero-order valence-corrected chi connectivity index (χ0v) is 10.1. The Hall–Kier alpha value is -1.55. The summed E-state index contributed by atoms with van der Waals surface area (Å²) >= 11 is 0. The van der Waals surface area contributed by atoms with Gasteiger partial charge in [-0.2, -0.15) is 0 Å². The topological polar surface area (TPSA) is 58.4 Å². The van der Waals surface area contributed by atoms with E-state index in [9.17, 15) is 4.79 Å². The number of benzene rings is 1. The number of hydrogen-bond acceptors (Lipinski definition) is 3. The Morgan fingerprint density at radius 1 is 1.47 bits per heavy atom. The second-order valence-corrected chi connectivity index (χ2v) is 4.50. The lowest BCUT2D eigenvalue weighted by Crippen LogP contribution is -2.35. The van der Waals surface area contributed by atoms with Crippen molar-refractivity contribution in [1.29, 1.82) is 0 Å². The highest BCUT2D eigenvalue weighted by atomic mass is 16.1. The van der Waals surface area contributed by atoms with Crippen molar-refractivity contribution in [1.82, 2.24) is 5.32 Å². The minimum atomic E-state index is 0.0512. The first-order chi connectivity index (χ1) is 8.19. The first kappa shape index (κ1) is 11.9. The summed E-state index contributed by atoms with van der Waals surface area (Å²) in [7, 11) is 0. The van der Waals surface area contributed by atoms with Crippen LogP contribution in [0, 0.1) is 0 Å². The quantitative estimate of drug-likeness (QED) is 0.814. The van der Waals surface area contributed by atoms with Crippen LogP contribution in [0.2, 0.25) is 0 Å². The van der Waals surface area contributed by atoms with Crippen molar-refractivity contribution >= 4 is 11.6 Å². The number of carbonyl (C=O) groups is 1. The van der Waals surface area contributed by atoms with Gasteiger partial charge in [0.15, 0.2) is 0 Å². The third-order valence-corrected chi connectivity index (χ3v) is 3.13. The molecule has 1 amide bonds. The molecular formula is C13H19N3O. The number of rotatable bonds is 3. The molecule has 1 saturated heterocycles. The second-order valence-electron chi connectivity index (χ2n) is 4.50. The Bertz CT molecular complexity index is 388. The van der Waals surface area contributed by atoms with Crippen LogP contribution in [0.25, 0.3) is 0 Å². The average Bonchev–Trinajstić information content (AvgIpc) is 2.77. The summed E-state index contributed by atoms with van der Waals surface area (Å²) in [4.78, 5) is 13.3. The second kappa shape index (κ2) is 5.19. The normalized spacial score (nSPS) is 19.4. The molecule has 1 unspecified atom stereocenters. The van der Waals surface area contributed by atoms with Crippen LogP contribution >= 0.6 is 0 Å². The molecule has 1 aromatic carbocycles. The smallest absolute Gasteiger partial charge is 0.217 e. The SMILES string of the molecule is CC(=O)NC1CCN(c2ccc(CN)cc2)C1. The maximum atomic E-state index is 11.0. The molecule has 0 bridgehead atoms. The van der Waals surface area contributed by atoms with E-state index in [1.807, 2.05) is 0 Å². The Labute approximate surface area is 102 Å². The van der Waals surface area contributed by atoms with Gasteiger partial charge in [0, 0.05) is 38.3 Å². The van der Waals surface area contributed by atoms with Crippen LogP contribution in [0.5, 0.6) is 0 Å². The van der Waals surface area contributed by atoms with Crippen molar-refractivity contribution in [2.75, 3.05) is 18.0 Å². The van der Waals surface area contributed by atoms with Crippen molar-refractivity contribution < 1.29 is 4.79 Å². The largest absolute Gasteiger partial charge is 0.369 e. The third kappa shape index (κ3) is 2.97. The molecule has 1 aliphatic rings. The zero-order valence-electron chi connectivity index (χ0n) is 10.1. The van der Waals surface area contributed by atoms with Gasteiger partial charge < -0.3 is 16.0 Å². The lowest BCUT2D eigenvalue weighted by molar-refractivity contribution is -0.119. The molecule has 92 valence electrons. The van der Waals surface area contributed by atoms with Gasteiger partial charge in [-0.15, -0.1) is 0 Å². The van der Waals surface area contributed by atoms with Crippen molar-refractivity contribution in [2.45, 2.75) is 25.9 Å². The monoisotopic (exact) mass is 233 g/mol. The molecule has 0 aromatic heterocycles. The fourth-order valence-corrected chi connectivity index (χ4v) is 2.24. The van der Waals surface area contributed by atoms with Crippen LogP contribution in [-0.4, -0.2) is 25.0 Å².